The molecule has 2 saturated carbocycles. The second-order valence-electron chi connectivity index (χ2n) is 9.12. The number of hydrogen-bond donors (Lipinski definition) is 2. The molecule has 1 saturated heterocycles. The smallest absolute Gasteiger partial charge is 0.282 e. The number of methoxy groups -OCH3 is 1. The van der Waals surface area contributed by atoms with Crippen LogP contribution in [0, 0.1) is 12.8 Å². The van der Waals surface area contributed by atoms with E-state index < -0.39 is 0 Å². The zero-order valence-corrected chi connectivity index (χ0v) is 18.3. The van der Waals surface area contributed by atoms with Crippen LogP contribution in [-0.2, 0) is 4.74 Å². The first-order valence-electron chi connectivity index (χ1n) is 11.4. The molecule has 164 valence electrons. The van der Waals surface area contributed by atoms with Crippen molar-refractivity contribution in [3.05, 3.63) is 23.4 Å². The summed E-state index contributed by atoms with van der Waals surface area (Å²) in [4.78, 5) is 23.9. The van der Waals surface area contributed by atoms with Gasteiger partial charge in [-0.3, -0.25) is 4.79 Å². The van der Waals surface area contributed by atoms with E-state index in [1.54, 1.807) is 7.11 Å². The Balaban J connectivity index is 1.48. The summed E-state index contributed by atoms with van der Waals surface area (Å²) in [5.74, 6) is 1.13. The van der Waals surface area contributed by atoms with Crippen LogP contribution in [0.1, 0.15) is 67.3 Å². The minimum atomic E-state index is -0.290. The van der Waals surface area contributed by atoms with Gasteiger partial charge in [-0.15, -0.1) is 0 Å². The Hall–Kier alpha value is -1.99. The van der Waals surface area contributed by atoms with Gasteiger partial charge in [0.2, 0.25) is 0 Å². The number of rotatable bonds is 6. The molecule has 2 aliphatic carbocycles. The number of amides is 1. The van der Waals surface area contributed by atoms with Crippen molar-refractivity contribution in [2.75, 3.05) is 25.1 Å². The van der Waals surface area contributed by atoms with Gasteiger partial charge in [-0.2, -0.15) is 4.99 Å². The summed E-state index contributed by atoms with van der Waals surface area (Å²) in [6, 6.07) is 2.81. The third kappa shape index (κ3) is 5.01. The molecule has 0 aromatic carbocycles. The molecule has 1 amide bonds. The molecule has 0 spiro atoms. The van der Waals surface area contributed by atoms with Crippen molar-refractivity contribution in [3.8, 4) is 0 Å². The fraction of sp³-hybridized carbons (Fsp3) is 0.696. The van der Waals surface area contributed by atoms with Crippen molar-refractivity contribution in [2.24, 2.45) is 16.6 Å². The van der Waals surface area contributed by atoms with Crippen molar-refractivity contribution < 1.29 is 9.53 Å². The van der Waals surface area contributed by atoms with Gasteiger partial charge in [0.05, 0.1) is 11.7 Å². The van der Waals surface area contributed by atoms with Gasteiger partial charge in [0.1, 0.15) is 11.7 Å². The lowest BCUT2D eigenvalue weighted by Gasteiger charge is -2.41. The van der Waals surface area contributed by atoms with E-state index in [1.165, 1.54) is 32.1 Å². The minimum Gasteiger partial charge on any atom is -0.387 e. The van der Waals surface area contributed by atoms with Crippen LogP contribution in [0.3, 0.4) is 0 Å². The van der Waals surface area contributed by atoms with Crippen LogP contribution in [-0.4, -0.2) is 55.1 Å². The van der Waals surface area contributed by atoms with Crippen molar-refractivity contribution in [1.29, 1.82) is 0 Å². The van der Waals surface area contributed by atoms with E-state index in [-0.39, 0.29) is 17.9 Å². The molecule has 1 aromatic heterocycles. The molecular weight excluding hydrogens is 378 g/mol. The number of anilines is 1. The third-order valence-electron chi connectivity index (χ3n) is 6.68. The summed E-state index contributed by atoms with van der Waals surface area (Å²) < 4.78 is 5.86. The number of nitrogens with zero attached hydrogens (tertiary/aromatic N) is 3. The number of nitrogens with one attached hydrogen (secondary N) is 1. The van der Waals surface area contributed by atoms with Crippen LogP contribution in [0.5, 0.6) is 0 Å². The number of nitrogens with two attached hydrogens (primary N) is 1. The highest BCUT2D eigenvalue weighted by Crippen LogP contribution is 2.30. The Morgan fingerprint density at radius 3 is 2.70 bits per heavy atom. The molecule has 3 aliphatic rings. The maximum absolute atomic E-state index is 12.9. The molecule has 7 heteroatoms. The number of hydrogen-bond acceptors (Lipinski definition) is 5. The van der Waals surface area contributed by atoms with Crippen LogP contribution in [0.25, 0.3) is 0 Å². The number of amidine groups is 1. The Morgan fingerprint density at radius 2 is 2.00 bits per heavy atom. The predicted octanol–water partition coefficient (Wildman–Crippen LogP) is 2.81. The number of carbonyl (C=O) groups excluding carboxylic acids is 1. The second-order valence-corrected chi connectivity index (χ2v) is 9.12. The maximum atomic E-state index is 12.9. The van der Waals surface area contributed by atoms with E-state index in [4.69, 9.17) is 10.5 Å². The first-order chi connectivity index (χ1) is 14.5. The second kappa shape index (κ2) is 9.43. The van der Waals surface area contributed by atoms with Crippen molar-refractivity contribution in [3.63, 3.8) is 0 Å². The summed E-state index contributed by atoms with van der Waals surface area (Å²) in [6.07, 6.45) is 11.4. The maximum Gasteiger partial charge on any atom is 0.282 e. The summed E-state index contributed by atoms with van der Waals surface area (Å²) in [5, 5.41) is 3.85. The fourth-order valence-electron chi connectivity index (χ4n) is 4.73. The zero-order valence-electron chi connectivity index (χ0n) is 18.3. The topological polar surface area (TPSA) is 92.8 Å². The first kappa shape index (κ1) is 21.2. The minimum absolute atomic E-state index is 0.0618. The Kier molecular flexibility index (Phi) is 6.68. The molecule has 2 atom stereocenters. The van der Waals surface area contributed by atoms with Gasteiger partial charge < -0.3 is 20.7 Å². The molecule has 0 bridgehead atoms. The molecule has 7 nitrogen and oxygen atoms in total. The van der Waals surface area contributed by atoms with Gasteiger partial charge in [-0.25, -0.2) is 4.98 Å². The molecule has 2 heterocycles. The van der Waals surface area contributed by atoms with Gasteiger partial charge in [-0.05, 0) is 50.7 Å². The highest BCUT2D eigenvalue weighted by molar-refractivity contribution is 6.06. The summed E-state index contributed by atoms with van der Waals surface area (Å²) in [7, 11) is 1.78. The van der Waals surface area contributed by atoms with Crippen molar-refractivity contribution in [1.82, 2.24) is 10.3 Å². The van der Waals surface area contributed by atoms with Crippen LogP contribution in [0.2, 0.25) is 0 Å². The van der Waals surface area contributed by atoms with Crippen LogP contribution >= 0.6 is 0 Å². The van der Waals surface area contributed by atoms with Crippen LogP contribution in [0.15, 0.2) is 17.3 Å². The van der Waals surface area contributed by atoms with Gasteiger partial charge in [0.15, 0.2) is 0 Å². The summed E-state index contributed by atoms with van der Waals surface area (Å²) >= 11 is 0. The molecule has 1 aromatic rings. The van der Waals surface area contributed by atoms with Crippen molar-refractivity contribution in [2.45, 2.75) is 76.5 Å². The Bertz CT molecular complexity index is 786. The lowest BCUT2D eigenvalue weighted by molar-refractivity contribution is 0.0533. The average Bonchev–Trinajstić information content (AvgIpc) is 3.60. The molecule has 30 heavy (non-hydrogen) atoms. The molecule has 0 radical (unpaired) electrons. The van der Waals surface area contributed by atoms with Gasteiger partial charge in [0.25, 0.3) is 5.91 Å². The monoisotopic (exact) mass is 413 g/mol. The number of pyridine rings is 1. The van der Waals surface area contributed by atoms with E-state index in [9.17, 15) is 4.79 Å². The molecule has 3 fully saturated rings. The third-order valence-corrected chi connectivity index (χ3v) is 6.68. The van der Waals surface area contributed by atoms with Crippen LogP contribution < -0.4 is 16.0 Å². The lowest BCUT2D eigenvalue weighted by atomic mass is 9.92. The van der Waals surface area contributed by atoms with Gasteiger partial charge in [-0.1, -0.05) is 19.3 Å². The predicted molar refractivity (Wildman–Crippen MR) is 119 cm³/mol. The van der Waals surface area contributed by atoms with Crippen molar-refractivity contribution >= 4 is 17.6 Å². The number of aryl methyl sites for hydroxylation is 1. The molecule has 3 N–H and O–H groups in total. The Morgan fingerprint density at radius 1 is 1.23 bits per heavy atom. The largest absolute Gasteiger partial charge is 0.387 e. The SMILES string of the molecule is COC1CN(c2ncc(C)cc2C(=O)N=C(N)C2CC2)CCC1NC1CCCCC1. The molecule has 1 aliphatic heterocycles. The quantitative estimate of drug-likeness (QED) is 0.550. The lowest BCUT2D eigenvalue weighted by Crippen LogP contribution is -2.56. The standard InChI is InChI=1S/C23H35N5O2/c1-15-12-18(23(29)27-21(24)16-8-9-16)22(25-13-15)28-11-10-19(20(14-28)30-2)26-17-6-4-3-5-7-17/h12-13,16-17,19-20,26H,3-11,14H2,1-2H3,(H2,24,27,29). The normalized spacial score (nSPS) is 26.1. The summed E-state index contributed by atoms with van der Waals surface area (Å²) in [5.41, 5.74) is 7.48. The molecule has 4 rings (SSSR count). The van der Waals surface area contributed by atoms with E-state index in [1.807, 2.05) is 19.2 Å². The summed E-state index contributed by atoms with van der Waals surface area (Å²) in [6.45, 7) is 3.49. The number of carbonyl (C=O) groups is 1. The molecular formula is C23H35N5O2. The van der Waals surface area contributed by atoms with E-state index in [2.05, 4.69) is 20.2 Å². The zero-order chi connectivity index (χ0) is 21.1. The van der Waals surface area contributed by atoms with Gasteiger partial charge >= 0.3 is 0 Å². The number of piperidine rings is 1. The van der Waals surface area contributed by atoms with E-state index in [0.717, 1.165) is 31.4 Å². The van der Waals surface area contributed by atoms with Crippen LogP contribution in [0.4, 0.5) is 5.82 Å². The number of ether oxygens (including phenoxy) is 1. The first-order valence-corrected chi connectivity index (χ1v) is 11.4. The highest BCUT2D eigenvalue weighted by atomic mass is 16.5. The van der Waals surface area contributed by atoms with E-state index in [0.29, 0.717) is 35.8 Å². The number of aromatic nitrogens is 1. The van der Waals surface area contributed by atoms with E-state index >= 15 is 0 Å². The Labute approximate surface area is 179 Å². The molecule has 2 unspecified atom stereocenters. The fourth-order valence-corrected chi connectivity index (χ4v) is 4.73. The average molecular weight is 414 g/mol. The highest BCUT2D eigenvalue weighted by Gasteiger charge is 2.33. The van der Waals surface area contributed by atoms with Gasteiger partial charge in [0, 0.05) is 44.4 Å². The number of aliphatic imine (C=N–C) groups is 1.